The van der Waals surface area contributed by atoms with Gasteiger partial charge >= 0.3 is 0 Å². The van der Waals surface area contributed by atoms with Gasteiger partial charge < -0.3 is 0 Å². The average molecular weight is 210 g/mol. The summed E-state index contributed by atoms with van der Waals surface area (Å²) in [5.41, 5.74) is 0.631. The molecule has 0 heteroatoms. The molecule has 0 unspecified atom stereocenters. The van der Waals surface area contributed by atoms with Crippen LogP contribution in [0.1, 0.15) is 85.0 Å². The monoisotopic (exact) mass is 210 g/mol. The summed E-state index contributed by atoms with van der Waals surface area (Å²) in [4.78, 5) is 0. The predicted molar refractivity (Wildman–Crippen MR) is 69.1 cm³/mol. The van der Waals surface area contributed by atoms with E-state index in [4.69, 9.17) is 0 Å². The second-order valence-corrected chi connectivity index (χ2v) is 5.91. The molecule has 0 nitrogen and oxygen atoms in total. The van der Waals surface area contributed by atoms with Gasteiger partial charge in [-0.3, -0.25) is 0 Å². The van der Waals surface area contributed by atoms with Crippen molar-refractivity contribution in [3.63, 3.8) is 0 Å². The second kappa shape index (κ2) is 6.55. The predicted octanol–water partition coefficient (Wildman–Crippen LogP) is 5.56. The Morgan fingerprint density at radius 1 is 0.933 bits per heavy atom. The van der Waals surface area contributed by atoms with E-state index in [2.05, 4.69) is 20.8 Å². The largest absolute Gasteiger partial charge is 0.0649 e. The Kier molecular flexibility index (Phi) is 5.71. The van der Waals surface area contributed by atoms with Crippen LogP contribution in [-0.2, 0) is 0 Å². The SMILES string of the molecule is CCC(C)(CC)CCC1CCCCCC1. The van der Waals surface area contributed by atoms with Crippen molar-refractivity contribution in [1.82, 2.24) is 0 Å². The highest BCUT2D eigenvalue weighted by atomic mass is 14.3. The summed E-state index contributed by atoms with van der Waals surface area (Å²) in [6, 6.07) is 0. The first-order chi connectivity index (χ1) is 7.20. The Bertz CT molecular complexity index is 147. The maximum absolute atomic E-state index is 2.48. The minimum Gasteiger partial charge on any atom is -0.0649 e. The number of hydrogen-bond acceptors (Lipinski definition) is 0. The van der Waals surface area contributed by atoms with Gasteiger partial charge in [0.25, 0.3) is 0 Å². The van der Waals surface area contributed by atoms with Crippen molar-refractivity contribution in [1.29, 1.82) is 0 Å². The van der Waals surface area contributed by atoms with Gasteiger partial charge in [0.05, 0.1) is 0 Å². The first-order valence-electron chi connectivity index (χ1n) is 7.20. The first-order valence-corrected chi connectivity index (χ1v) is 7.20. The van der Waals surface area contributed by atoms with Crippen LogP contribution in [0.5, 0.6) is 0 Å². The molecule has 1 rings (SSSR count). The molecule has 90 valence electrons. The molecule has 0 aromatic heterocycles. The summed E-state index contributed by atoms with van der Waals surface area (Å²) in [7, 11) is 0. The van der Waals surface area contributed by atoms with Crippen LogP contribution in [0, 0.1) is 11.3 Å². The molecule has 15 heavy (non-hydrogen) atoms. The van der Waals surface area contributed by atoms with E-state index in [1.807, 2.05) is 0 Å². The molecule has 0 aromatic carbocycles. The van der Waals surface area contributed by atoms with Crippen LogP contribution in [0.2, 0.25) is 0 Å². The van der Waals surface area contributed by atoms with Crippen LogP contribution in [0.3, 0.4) is 0 Å². The van der Waals surface area contributed by atoms with E-state index >= 15 is 0 Å². The van der Waals surface area contributed by atoms with Gasteiger partial charge in [-0.1, -0.05) is 72.1 Å². The van der Waals surface area contributed by atoms with E-state index in [0.717, 1.165) is 5.92 Å². The topological polar surface area (TPSA) is 0 Å². The fourth-order valence-electron chi connectivity index (χ4n) is 2.81. The molecule has 0 heterocycles. The van der Waals surface area contributed by atoms with E-state index in [-0.39, 0.29) is 0 Å². The Hall–Kier alpha value is 0. The standard InChI is InChI=1S/C15H30/c1-4-15(3,5-2)13-12-14-10-8-6-7-9-11-14/h14H,4-13H2,1-3H3. The number of rotatable bonds is 5. The summed E-state index contributed by atoms with van der Waals surface area (Å²) >= 11 is 0. The molecule has 0 radical (unpaired) electrons. The molecule has 1 aliphatic carbocycles. The van der Waals surface area contributed by atoms with Crippen molar-refractivity contribution < 1.29 is 0 Å². The third-order valence-corrected chi connectivity index (χ3v) is 4.84. The molecule has 0 atom stereocenters. The molecule has 0 saturated heterocycles. The maximum atomic E-state index is 2.48. The minimum absolute atomic E-state index is 0.631. The third-order valence-electron chi connectivity index (χ3n) is 4.84. The molecule has 0 spiro atoms. The summed E-state index contributed by atoms with van der Waals surface area (Å²) < 4.78 is 0. The van der Waals surface area contributed by atoms with E-state index in [0.29, 0.717) is 5.41 Å². The average Bonchev–Trinajstić information content (AvgIpc) is 2.54. The highest BCUT2D eigenvalue weighted by Crippen LogP contribution is 2.35. The van der Waals surface area contributed by atoms with Crippen molar-refractivity contribution in [3.8, 4) is 0 Å². The van der Waals surface area contributed by atoms with Crippen LogP contribution in [0.25, 0.3) is 0 Å². The van der Waals surface area contributed by atoms with Gasteiger partial charge in [-0.2, -0.15) is 0 Å². The van der Waals surface area contributed by atoms with Crippen LogP contribution in [-0.4, -0.2) is 0 Å². The lowest BCUT2D eigenvalue weighted by atomic mass is 9.77. The number of hydrogen-bond donors (Lipinski definition) is 0. The molecular weight excluding hydrogens is 180 g/mol. The lowest BCUT2D eigenvalue weighted by Crippen LogP contribution is -2.15. The molecule has 0 bridgehead atoms. The molecule has 1 fully saturated rings. The van der Waals surface area contributed by atoms with Gasteiger partial charge in [0.15, 0.2) is 0 Å². The highest BCUT2D eigenvalue weighted by molar-refractivity contribution is 4.74. The maximum Gasteiger partial charge on any atom is -0.0331 e. The van der Waals surface area contributed by atoms with E-state index in [1.165, 1.54) is 64.2 Å². The zero-order chi connectivity index (χ0) is 11.1. The Labute approximate surface area is 96.8 Å². The lowest BCUT2D eigenvalue weighted by molar-refractivity contribution is 0.237. The van der Waals surface area contributed by atoms with Gasteiger partial charge in [-0.15, -0.1) is 0 Å². The zero-order valence-corrected chi connectivity index (χ0v) is 11.1. The normalized spacial score (nSPS) is 20.2. The smallest absolute Gasteiger partial charge is 0.0331 e. The van der Waals surface area contributed by atoms with E-state index in [1.54, 1.807) is 0 Å². The Morgan fingerprint density at radius 3 is 1.93 bits per heavy atom. The second-order valence-electron chi connectivity index (χ2n) is 5.91. The summed E-state index contributed by atoms with van der Waals surface area (Å²) in [5, 5.41) is 0. The van der Waals surface area contributed by atoms with Crippen molar-refractivity contribution in [2.75, 3.05) is 0 Å². The summed E-state index contributed by atoms with van der Waals surface area (Å²) in [6.07, 6.45) is 14.7. The van der Waals surface area contributed by atoms with Crippen molar-refractivity contribution >= 4 is 0 Å². The van der Waals surface area contributed by atoms with Gasteiger partial charge in [0, 0.05) is 0 Å². The van der Waals surface area contributed by atoms with E-state index in [9.17, 15) is 0 Å². The molecule has 0 aliphatic heterocycles. The molecular formula is C15H30. The molecule has 0 amide bonds. The summed E-state index contributed by atoms with van der Waals surface area (Å²) in [5.74, 6) is 1.06. The fourth-order valence-corrected chi connectivity index (χ4v) is 2.81. The van der Waals surface area contributed by atoms with Crippen molar-refractivity contribution in [3.05, 3.63) is 0 Å². The third kappa shape index (κ3) is 4.57. The van der Waals surface area contributed by atoms with Gasteiger partial charge in [-0.05, 0) is 24.2 Å². The van der Waals surface area contributed by atoms with Crippen LogP contribution < -0.4 is 0 Å². The highest BCUT2D eigenvalue weighted by Gasteiger charge is 2.21. The van der Waals surface area contributed by atoms with Crippen LogP contribution in [0.15, 0.2) is 0 Å². The van der Waals surface area contributed by atoms with Gasteiger partial charge in [0.1, 0.15) is 0 Å². The van der Waals surface area contributed by atoms with Gasteiger partial charge in [0.2, 0.25) is 0 Å². The minimum atomic E-state index is 0.631. The zero-order valence-electron chi connectivity index (χ0n) is 11.1. The van der Waals surface area contributed by atoms with Crippen LogP contribution in [0.4, 0.5) is 0 Å². The first kappa shape index (κ1) is 13.1. The fraction of sp³-hybridized carbons (Fsp3) is 1.00. The molecule has 1 saturated carbocycles. The quantitative estimate of drug-likeness (QED) is 0.521. The van der Waals surface area contributed by atoms with Crippen molar-refractivity contribution in [2.24, 2.45) is 11.3 Å². The van der Waals surface area contributed by atoms with Crippen LogP contribution >= 0.6 is 0 Å². The van der Waals surface area contributed by atoms with E-state index < -0.39 is 0 Å². The molecule has 1 aliphatic rings. The molecule has 0 N–H and O–H groups in total. The Balaban J connectivity index is 2.27. The lowest BCUT2D eigenvalue weighted by Gasteiger charge is -2.28. The summed E-state index contributed by atoms with van der Waals surface area (Å²) in [6.45, 7) is 7.19. The Morgan fingerprint density at radius 2 is 1.47 bits per heavy atom. The van der Waals surface area contributed by atoms with Crippen molar-refractivity contribution in [2.45, 2.75) is 85.0 Å². The molecule has 0 aromatic rings. The van der Waals surface area contributed by atoms with Gasteiger partial charge in [-0.25, -0.2) is 0 Å².